The SMILES string of the molecule is CC(C)(F)c1c(F)cccc1CCC=O. The van der Waals surface area contributed by atoms with E-state index in [4.69, 9.17) is 0 Å². The van der Waals surface area contributed by atoms with E-state index < -0.39 is 11.5 Å². The molecule has 0 atom stereocenters. The Morgan fingerprint density at radius 2 is 2.07 bits per heavy atom. The molecule has 1 aromatic carbocycles. The lowest BCUT2D eigenvalue weighted by molar-refractivity contribution is -0.107. The van der Waals surface area contributed by atoms with Gasteiger partial charge >= 0.3 is 0 Å². The molecule has 15 heavy (non-hydrogen) atoms. The van der Waals surface area contributed by atoms with Gasteiger partial charge in [-0.05, 0) is 31.9 Å². The molecule has 0 bridgehead atoms. The van der Waals surface area contributed by atoms with Crippen molar-refractivity contribution in [3.63, 3.8) is 0 Å². The Hall–Kier alpha value is -1.25. The van der Waals surface area contributed by atoms with Crippen LogP contribution in [0.25, 0.3) is 0 Å². The minimum atomic E-state index is -1.72. The van der Waals surface area contributed by atoms with Crippen molar-refractivity contribution in [3.05, 3.63) is 35.1 Å². The van der Waals surface area contributed by atoms with Gasteiger partial charge in [-0.3, -0.25) is 0 Å². The molecule has 1 rings (SSSR count). The molecule has 0 unspecified atom stereocenters. The van der Waals surface area contributed by atoms with Crippen molar-refractivity contribution in [1.82, 2.24) is 0 Å². The number of hydrogen-bond acceptors (Lipinski definition) is 1. The zero-order valence-corrected chi connectivity index (χ0v) is 8.89. The fraction of sp³-hybridized carbons (Fsp3) is 0.417. The third-order valence-corrected chi connectivity index (χ3v) is 2.23. The summed E-state index contributed by atoms with van der Waals surface area (Å²) in [6, 6.07) is 4.43. The number of hydrogen-bond donors (Lipinski definition) is 0. The summed E-state index contributed by atoms with van der Waals surface area (Å²) in [6.45, 7) is 2.63. The molecule has 0 aliphatic rings. The molecule has 3 heteroatoms. The Morgan fingerprint density at radius 1 is 1.40 bits per heavy atom. The summed E-state index contributed by atoms with van der Waals surface area (Å²) in [5.74, 6) is -0.550. The van der Waals surface area contributed by atoms with Gasteiger partial charge in [0.25, 0.3) is 0 Å². The maximum absolute atomic E-state index is 13.7. The van der Waals surface area contributed by atoms with Gasteiger partial charge in [-0.25, -0.2) is 8.78 Å². The Bertz CT molecular complexity index is 353. The maximum Gasteiger partial charge on any atom is 0.133 e. The Morgan fingerprint density at radius 3 is 2.60 bits per heavy atom. The van der Waals surface area contributed by atoms with Crippen LogP contribution in [-0.2, 0) is 16.9 Å². The predicted molar refractivity (Wildman–Crippen MR) is 54.9 cm³/mol. The van der Waals surface area contributed by atoms with Crippen LogP contribution < -0.4 is 0 Å². The van der Waals surface area contributed by atoms with Crippen molar-refractivity contribution >= 4 is 6.29 Å². The molecule has 0 amide bonds. The smallest absolute Gasteiger partial charge is 0.133 e. The lowest BCUT2D eigenvalue weighted by atomic mass is 9.92. The number of halogens is 2. The number of aryl methyl sites for hydroxylation is 1. The molecular formula is C12H14F2O. The second kappa shape index (κ2) is 4.51. The van der Waals surface area contributed by atoms with Crippen LogP contribution >= 0.6 is 0 Å². The van der Waals surface area contributed by atoms with E-state index in [1.165, 1.54) is 26.0 Å². The van der Waals surface area contributed by atoms with Crippen molar-refractivity contribution in [2.24, 2.45) is 0 Å². The second-order valence-electron chi connectivity index (χ2n) is 3.95. The number of benzene rings is 1. The molecule has 0 aliphatic carbocycles. The summed E-state index contributed by atoms with van der Waals surface area (Å²) in [7, 11) is 0. The minimum Gasteiger partial charge on any atom is -0.303 e. The predicted octanol–water partition coefficient (Wildman–Crippen LogP) is 3.16. The van der Waals surface area contributed by atoms with E-state index in [1.807, 2.05) is 0 Å². The first-order valence-corrected chi connectivity index (χ1v) is 4.87. The summed E-state index contributed by atoms with van der Waals surface area (Å²) in [5, 5.41) is 0. The molecule has 0 N–H and O–H groups in total. The van der Waals surface area contributed by atoms with Crippen LogP contribution in [0.3, 0.4) is 0 Å². The van der Waals surface area contributed by atoms with Crippen LogP contribution in [-0.4, -0.2) is 6.29 Å². The monoisotopic (exact) mass is 212 g/mol. The van der Waals surface area contributed by atoms with E-state index in [0.717, 1.165) is 6.29 Å². The summed E-state index contributed by atoms with van der Waals surface area (Å²) in [6.07, 6.45) is 1.41. The Labute approximate surface area is 88.1 Å². The van der Waals surface area contributed by atoms with Crippen LogP contribution in [0, 0.1) is 5.82 Å². The first-order chi connectivity index (χ1) is 6.96. The molecule has 82 valence electrons. The van der Waals surface area contributed by atoms with Crippen molar-refractivity contribution in [2.45, 2.75) is 32.4 Å². The van der Waals surface area contributed by atoms with E-state index in [0.29, 0.717) is 12.0 Å². The van der Waals surface area contributed by atoms with E-state index >= 15 is 0 Å². The molecule has 1 nitrogen and oxygen atoms in total. The van der Waals surface area contributed by atoms with E-state index in [2.05, 4.69) is 0 Å². The maximum atomic E-state index is 13.7. The van der Waals surface area contributed by atoms with Gasteiger partial charge in [-0.2, -0.15) is 0 Å². The number of carbonyl (C=O) groups excluding carboxylic acids is 1. The highest BCUT2D eigenvalue weighted by Crippen LogP contribution is 2.30. The van der Waals surface area contributed by atoms with Crippen LogP contribution in [0.5, 0.6) is 0 Å². The molecule has 0 aliphatic heterocycles. The summed E-state index contributed by atoms with van der Waals surface area (Å²) >= 11 is 0. The molecular weight excluding hydrogens is 198 g/mol. The highest BCUT2D eigenvalue weighted by atomic mass is 19.1. The molecule has 0 spiro atoms. The Kier molecular flexibility index (Phi) is 3.56. The molecule has 0 saturated heterocycles. The quantitative estimate of drug-likeness (QED) is 0.700. The van der Waals surface area contributed by atoms with Crippen molar-refractivity contribution in [1.29, 1.82) is 0 Å². The summed E-state index contributed by atoms with van der Waals surface area (Å²) in [5.41, 5.74) is -1.09. The van der Waals surface area contributed by atoms with E-state index in [1.54, 1.807) is 6.07 Å². The molecule has 0 fully saturated rings. The average Bonchev–Trinajstić information content (AvgIpc) is 2.12. The standard InChI is InChI=1S/C12H14F2O/c1-12(2,14)11-9(6-4-8-15)5-3-7-10(11)13/h3,5,7-8H,4,6H2,1-2H3. The lowest BCUT2D eigenvalue weighted by Crippen LogP contribution is -2.15. The third-order valence-electron chi connectivity index (χ3n) is 2.23. The largest absolute Gasteiger partial charge is 0.303 e. The summed E-state index contributed by atoms with van der Waals surface area (Å²) < 4.78 is 27.2. The van der Waals surface area contributed by atoms with Crippen molar-refractivity contribution < 1.29 is 13.6 Å². The van der Waals surface area contributed by atoms with Gasteiger partial charge in [-0.15, -0.1) is 0 Å². The number of rotatable bonds is 4. The highest BCUT2D eigenvalue weighted by Gasteiger charge is 2.25. The fourth-order valence-corrected chi connectivity index (χ4v) is 1.66. The average molecular weight is 212 g/mol. The van der Waals surface area contributed by atoms with Gasteiger partial charge in [-0.1, -0.05) is 12.1 Å². The minimum absolute atomic E-state index is 0.0619. The van der Waals surface area contributed by atoms with Crippen LogP contribution in [0.2, 0.25) is 0 Å². The van der Waals surface area contributed by atoms with Crippen molar-refractivity contribution in [3.8, 4) is 0 Å². The van der Waals surface area contributed by atoms with Crippen LogP contribution in [0.4, 0.5) is 8.78 Å². The Balaban J connectivity index is 3.14. The van der Waals surface area contributed by atoms with Gasteiger partial charge in [0.1, 0.15) is 17.8 Å². The van der Waals surface area contributed by atoms with Crippen LogP contribution in [0.1, 0.15) is 31.4 Å². The first kappa shape index (κ1) is 11.8. The number of alkyl halides is 1. The molecule has 0 radical (unpaired) electrons. The molecule has 0 heterocycles. The first-order valence-electron chi connectivity index (χ1n) is 4.87. The van der Waals surface area contributed by atoms with Gasteiger partial charge in [0.15, 0.2) is 0 Å². The molecule has 0 aromatic heterocycles. The van der Waals surface area contributed by atoms with E-state index in [-0.39, 0.29) is 12.0 Å². The topological polar surface area (TPSA) is 17.1 Å². The molecule has 0 saturated carbocycles. The zero-order valence-electron chi connectivity index (χ0n) is 8.89. The lowest BCUT2D eigenvalue weighted by Gasteiger charge is -2.19. The van der Waals surface area contributed by atoms with Gasteiger partial charge in [0.05, 0.1) is 0 Å². The molecule has 1 aromatic rings. The van der Waals surface area contributed by atoms with Crippen LogP contribution in [0.15, 0.2) is 18.2 Å². The van der Waals surface area contributed by atoms with E-state index in [9.17, 15) is 13.6 Å². The number of aldehydes is 1. The van der Waals surface area contributed by atoms with Gasteiger partial charge in [0.2, 0.25) is 0 Å². The highest BCUT2D eigenvalue weighted by molar-refractivity contribution is 5.50. The summed E-state index contributed by atoms with van der Waals surface area (Å²) in [4.78, 5) is 10.2. The van der Waals surface area contributed by atoms with Gasteiger partial charge < -0.3 is 4.79 Å². The zero-order chi connectivity index (χ0) is 11.5. The van der Waals surface area contributed by atoms with Gasteiger partial charge in [0, 0.05) is 12.0 Å². The second-order valence-corrected chi connectivity index (χ2v) is 3.95. The third kappa shape index (κ3) is 2.85. The normalized spacial score (nSPS) is 11.5. The van der Waals surface area contributed by atoms with Crippen molar-refractivity contribution in [2.75, 3.05) is 0 Å². The number of carbonyl (C=O) groups is 1. The fourth-order valence-electron chi connectivity index (χ4n) is 1.66.